The largest absolute Gasteiger partial charge is 0.459 e. The number of aryl methyl sites for hydroxylation is 2. The standard InChI is InChI=1S/C48H76N10O5/c1-13-27-59-41-51-37(52-42(55-41)60-28-14-2)23-19-17-21-25-39(49-35-31-45(5,6)57-46(7,8)32-35)63-40(50-36-33-47(9,10)58-48(11,12)34-36)26-22-18-20-24-38-53-43(61-29-15-3)56-44(54-38)62-30-16-4/h13-16,35-36,57-58H,1-4,17-34H2,5-12H3. The molecule has 0 aliphatic carbocycles. The number of rotatable bonds is 26. The summed E-state index contributed by atoms with van der Waals surface area (Å²) in [6, 6.07) is 1.10. The Morgan fingerprint density at radius 2 is 0.794 bits per heavy atom. The van der Waals surface area contributed by atoms with Crippen LogP contribution in [0.4, 0.5) is 0 Å². The maximum atomic E-state index is 6.97. The summed E-state index contributed by atoms with van der Waals surface area (Å²) < 4.78 is 29.5. The van der Waals surface area contributed by atoms with E-state index in [1.165, 1.54) is 0 Å². The fourth-order valence-corrected chi connectivity index (χ4v) is 8.79. The van der Waals surface area contributed by atoms with Crippen LogP contribution in [-0.2, 0) is 17.6 Å². The van der Waals surface area contributed by atoms with Gasteiger partial charge in [0.05, 0.1) is 12.1 Å². The van der Waals surface area contributed by atoms with Crippen molar-refractivity contribution < 1.29 is 23.7 Å². The average molecular weight is 873 g/mol. The predicted molar refractivity (Wildman–Crippen MR) is 251 cm³/mol. The van der Waals surface area contributed by atoms with Crippen molar-refractivity contribution in [2.24, 2.45) is 9.98 Å². The minimum absolute atomic E-state index is 0.0627. The quantitative estimate of drug-likeness (QED) is 0.0399. The van der Waals surface area contributed by atoms with Crippen molar-refractivity contribution >= 4 is 11.8 Å². The van der Waals surface area contributed by atoms with Gasteiger partial charge in [-0.25, -0.2) is 0 Å². The number of ether oxygens (including phenoxy) is 5. The van der Waals surface area contributed by atoms with E-state index in [1.54, 1.807) is 24.3 Å². The van der Waals surface area contributed by atoms with E-state index in [0.29, 0.717) is 37.3 Å². The van der Waals surface area contributed by atoms with Crippen LogP contribution >= 0.6 is 0 Å². The number of hydrogen-bond acceptors (Lipinski definition) is 15. The zero-order valence-electron chi connectivity index (χ0n) is 39.6. The number of aliphatic imine (C=N–C) groups is 2. The van der Waals surface area contributed by atoms with E-state index in [2.05, 4.69) is 122 Å². The molecule has 4 heterocycles. The Kier molecular flexibility index (Phi) is 19.7. The lowest BCUT2D eigenvalue weighted by atomic mass is 9.80. The average Bonchev–Trinajstić information content (AvgIpc) is 3.17. The molecule has 0 spiro atoms. The van der Waals surface area contributed by atoms with E-state index >= 15 is 0 Å². The van der Waals surface area contributed by atoms with E-state index in [-0.39, 0.29) is 84.7 Å². The number of piperidine rings is 2. The molecule has 63 heavy (non-hydrogen) atoms. The van der Waals surface area contributed by atoms with Crippen molar-refractivity contribution in [2.45, 2.75) is 180 Å². The van der Waals surface area contributed by atoms with Gasteiger partial charge >= 0.3 is 24.0 Å². The summed E-state index contributed by atoms with van der Waals surface area (Å²) in [4.78, 5) is 37.5. The minimum Gasteiger partial charge on any atom is -0.459 e. The van der Waals surface area contributed by atoms with E-state index in [1.807, 2.05) is 0 Å². The first kappa shape index (κ1) is 50.9. The van der Waals surface area contributed by atoms with Crippen LogP contribution in [0.1, 0.15) is 144 Å². The van der Waals surface area contributed by atoms with Crippen LogP contribution in [0.25, 0.3) is 0 Å². The molecule has 0 unspecified atom stereocenters. The Balaban J connectivity index is 1.52. The van der Waals surface area contributed by atoms with Crippen LogP contribution in [-0.4, -0.2) is 102 Å². The molecule has 0 aromatic carbocycles. The Morgan fingerprint density at radius 1 is 0.492 bits per heavy atom. The smallest absolute Gasteiger partial charge is 0.323 e. The van der Waals surface area contributed by atoms with E-state index in [0.717, 1.165) is 76.0 Å². The lowest BCUT2D eigenvalue weighted by Crippen LogP contribution is -2.59. The first-order chi connectivity index (χ1) is 29.9. The van der Waals surface area contributed by atoms with Gasteiger partial charge in [0.15, 0.2) is 11.8 Å². The van der Waals surface area contributed by atoms with Crippen molar-refractivity contribution in [3.05, 3.63) is 62.3 Å². The second kappa shape index (κ2) is 24.3. The van der Waals surface area contributed by atoms with Crippen LogP contribution < -0.4 is 29.6 Å². The highest BCUT2D eigenvalue weighted by atomic mass is 16.5. The Labute approximate surface area is 377 Å². The monoisotopic (exact) mass is 873 g/mol. The van der Waals surface area contributed by atoms with Crippen molar-refractivity contribution in [1.29, 1.82) is 0 Å². The van der Waals surface area contributed by atoms with Crippen LogP contribution in [0.5, 0.6) is 24.0 Å². The minimum atomic E-state index is -0.0627. The maximum Gasteiger partial charge on any atom is 0.323 e. The number of hydrogen-bond donors (Lipinski definition) is 2. The van der Waals surface area contributed by atoms with Crippen molar-refractivity contribution in [1.82, 2.24) is 40.5 Å². The first-order valence-electron chi connectivity index (χ1n) is 22.8. The molecule has 15 heteroatoms. The fourth-order valence-electron chi connectivity index (χ4n) is 8.79. The number of unbranched alkanes of at least 4 members (excludes halogenated alkanes) is 4. The lowest BCUT2D eigenvalue weighted by Gasteiger charge is -2.45. The van der Waals surface area contributed by atoms with E-state index in [4.69, 9.17) is 33.7 Å². The summed E-state index contributed by atoms with van der Waals surface area (Å²) in [5, 5.41) is 7.62. The van der Waals surface area contributed by atoms with Crippen molar-refractivity contribution in [3.63, 3.8) is 0 Å². The molecule has 0 bridgehead atoms. The molecule has 0 saturated carbocycles. The fraction of sp³-hybridized carbons (Fsp3) is 0.667. The number of nitrogens with one attached hydrogen (secondary N) is 2. The van der Waals surface area contributed by atoms with E-state index in [9.17, 15) is 0 Å². The summed E-state index contributed by atoms with van der Waals surface area (Å²) in [6.45, 7) is 34.1. The first-order valence-corrected chi connectivity index (χ1v) is 22.8. The summed E-state index contributed by atoms with van der Waals surface area (Å²) >= 11 is 0. The molecule has 2 saturated heterocycles. The summed E-state index contributed by atoms with van der Waals surface area (Å²) in [5.41, 5.74) is -0.251. The molecular weight excluding hydrogens is 797 g/mol. The molecule has 4 rings (SSSR count). The van der Waals surface area contributed by atoms with Crippen molar-refractivity contribution in [2.75, 3.05) is 26.4 Å². The summed E-state index contributed by atoms with van der Waals surface area (Å²) in [6.07, 6.45) is 18.3. The third-order valence-electron chi connectivity index (χ3n) is 10.4. The molecule has 2 aliphatic heterocycles. The van der Waals surface area contributed by atoms with Crippen LogP contribution in [0, 0.1) is 0 Å². The Hall–Kier alpha value is -4.76. The van der Waals surface area contributed by atoms with Crippen LogP contribution in [0.2, 0.25) is 0 Å². The Bertz CT molecular complexity index is 1640. The van der Waals surface area contributed by atoms with Gasteiger partial charge in [0.2, 0.25) is 0 Å². The molecule has 2 aromatic rings. The molecule has 15 nitrogen and oxygen atoms in total. The van der Waals surface area contributed by atoms with Gasteiger partial charge in [-0.2, -0.15) is 19.9 Å². The Morgan fingerprint density at radius 3 is 1.08 bits per heavy atom. The van der Waals surface area contributed by atoms with Gasteiger partial charge < -0.3 is 34.3 Å². The molecular formula is C48H76N10O5. The van der Waals surface area contributed by atoms with Crippen LogP contribution in [0.15, 0.2) is 60.6 Å². The highest BCUT2D eigenvalue weighted by Gasteiger charge is 2.39. The maximum absolute atomic E-state index is 6.97. The van der Waals surface area contributed by atoms with Gasteiger partial charge in [-0.3, -0.25) is 9.98 Å². The molecule has 2 fully saturated rings. The lowest BCUT2D eigenvalue weighted by molar-refractivity contribution is 0.163. The van der Waals surface area contributed by atoms with Gasteiger partial charge in [-0.15, -0.1) is 9.97 Å². The van der Waals surface area contributed by atoms with Gasteiger partial charge in [-0.1, -0.05) is 63.5 Å². The zero-order chi connectivity index (χ0) is 45.9. The number of nitrogens with zero attached hydrogens (tertiary/aromatic N) is 8. The second-order valence-corrected chi connectivity index (χ2v) is 19.2. The summed E-state index contributed by atoms with van der Waals surface area (Å²) in [7, 11) is 0. The third kappa shape index (κ3) is 19.3. The molecule has 0 amide bonds. The zero-order valence-corrected chi connectivity index (χ0v) is 39.6. The summed E-state index contributed by atoms with van der Waals surface area (Å²) in [5.74, 6) is 2.75. The van der Waals surface area contributed by atoms with E-state index < -0.39 is 0 Å². The van der Waals surface area contributed by atoms with Crippen molar-refractivity contribution in [3.8, 4) is 24.0 Å². The highest BCUT2D eigenvalue weighted by Crippen LogP contribution is 2.33. The molecule has 2 aromatic heterocycles. The van der Waals surface area contributed by atoms with Gasteiger partial charge in [0.1, 0.15) is 38.1 Å². The van der Waals surface area contributed by atoms with Gasteiger partial charge in [-0.05, 0) is 107 Å². The molecule has 0 atom stereocenters. The molecule has 2 N–H and O–H groups in total. The van der Waals surface area contributed by atoms with Gasteiger partial charge in [0, 0.05) is 47.8 Å². The molecule has 348 valence electrons. The topological polar surface area (TPSA) is 172 Å². The normalized spacial score (nSPS) is 18.5. The number of aromatic nitrogens is 6. The second-order valence-electron chi connectivity index (χ2n) is 19.2. The SMILES string of the molecule is C=CCOc1nc(CCCCCC(=NC2CC(C)(C)NC(C)(C)C2)OC(CCCCCc2nc(OCC=C)nc(OCC=C)n2)=NC2CC(C)(C)NC(C)(C)C2)nc(OCC=C)n1. The van der Waals surface area contributed by atoms with Crippen LogP contribution in [0.3, 0.4) is 0 Å². The predicted octanol–water partition coefficient (Wildman–Crippen LogP) is 8.65. The third-order valence-corrected chi connectivity index (χ3v) is 10.4. The highest BCUT2D eigenvalue weighted by molar-refractivity contribution is 5.91. The molecule has 0 radical (unpaired) electrons. The molecule has 2 aliphatic rings. The van der Waals surface area contributed by atoms with Gasteiger partial charge in [0.25, 0.3) is 0 Å².